The molecule has 1 spiro atoms. The van der Waals surface area contributed by atoms with Crippen molar-refractivity contribution >= 4 is 11.5 Å². The Labute approximate surface area is 308 Å². The van der Waals surface area contributed by atoms with Gasteiger partial charge in [-0.25, -0.2) is 15.0 Å². The Balaban J connectivity index is 1.12. The van der Waals surface area contributed by atoms with Crippen LogP contribution >= 0.6 is 0 Å². The third-order valence-corrected chi connectivity index (χ3v) is 11.2. The normalized spacial score (nSPS) is 15.4. The number of benzene rings is 7. The Morgan fingerprint density at radius 3 is 1.57 bits per heavy atom. The molecule has 1 aliphatic heterocycles. The molecule has 248 valence electrons. The molecular formula is C49H32N4. The number of para-hydroxylation sites is 1. The highest BCUT2D eigenvalue weighted by atomic mass is 15.1. The molecule has 0 amide bonds. The topological polar surface area (TPSA) is 50.2 Å². The second-order valence-corrected chi connectivity index (χ2v) is 13.9. The summed E-state index contributed by atoms with van der Waals surface area (Å²) in [6, 6.07) is 64.4. The van der Waals surface area contributed by atoms with Crippen molar-refractivity contribution in [3.63, 3.8) is 0 Å². The highest BCUT2D eigenvalue weighted by Gasteiger charge is 2.52. The number of nitrogens with one attached hydrogen (secondary N) is 1. The van der Waals surface area contributed by atoms with E-state index in [1.807, 2.05) is 12.1 Å². The zero-order valence-electron chi connectivity index (χ0n) is 28.7. The Morgan fingerprint density at radius 2 is 0.925 bits per heavy atom. The maximum Gasteiger partial charge on any atom is 0.156 e. The standard InChI is InChI=1S/C49H32N4/c1-3-16-31(17-4-1)43-30-44(32-18-5-2-6-19-32)52-48(51-43)46-36-23-10-14-29-42(36)50-47(53-46)37-24-15-28-41-45(37)35-22-9-13-27-40(35)49(41)38-25-11-7-20-33(38)34-21-8-12-26-39(34)49/h1-30,46H,(H,50,53). The van der Waals surface area contributed by atoms with E-state index in [2.05, 4.69) is 175 Å². The van der Waals surface area contributed by atoms with E-state index in [1.165, 1.54) is 44.5 Å². The van der Waals surface area contributed by atoms with Gasteiger partial charge in [0.25, 0.3) is 0 Å². The van der Waals surface area contributed by atoms with Crippen LogP contribution in [0.15, 0.2) is 187 Å². The van der Waals surface area contributed by atoms with Crippen molar-refractivity contribution in [2.24, 2.45) is 4.99 Å². The molecule has 1 aromatic heterocycles. The van der Waals surface area contributed by atoms with Crippen LogP contribution in [0.2, 0.25) is 0 Å². The highest BCUT2D eigenvalue weighted by molar-refractivity contribution is 6.10. The summed E-state index contributed by atoms with van der Waals surface area (Å²) in [5.74, 6) is 1.51. The molecule has 2 heterocycles. The van der Waals surface area contributed by atoms with Crippen molar-refractivity contribution in [2.45, 2.75) is 11.5 Å². The fourth-order valence-corrected chi connectivity index (χ4v) is 8.99. The zero-order chi connectivity index (χ0) is 34.9. The van der Waals surface area contributed by atoms with Crippen LogP contribution < -0.4 is 5.32 Å². The molecular weight excluding hydrogens is 645 g/mol. The Hall–Kier alpha value is -6.91. The minimum atomic E-state index is -0.431. The van der Waals surface area contributed by atoms with E-state index >= 15 is 0 Å². The van der Waals surface area contributed by atoms with Gasteiger partial charge in [0.15, 0.2) is 5.82 Å². The Bertz CT molecular complexity index is 2660. The third-order valence-electron chi connectivity index (χ3n) is 11.2. The Morgan fingerprint density at radius 1 is 0.434 bits per heavy atom. The first-order valence-corrected chi connectivity index (χ1v) is 18.2. The van der Waals surface area contributed by atoms with E-state index in [4.69, 9.17) is 15.0 Å². The van der Waals surface area contributed by atoms with Gasteiger partial charge in [-0.3, -0.25) is 0 Å². The van der Waals surface area contributed by atoms with E-state index in [0.717, 1.165) is 45.2 Å². The minimum Gasteiger partial charge on any atom is -0.356 e. The average Bonchev–Trinajstić information content (AvgIpc) is 3.71. The largest absolute Gasteiger partial charge is 0.356 e. The van der Waals surface area contributed by atoms with Crippen molar-refractivity contribution in [1.82, 2.24) is 15.3 Å². The highest BCUT2D eigenvalue weighted by Crippen LogP contribution is 2.63. The molecule has 53 heavy (non-hydrogen) atoms. The van der Waals surface area contributed by atoms with Crippen LogP contribution in [0.25, 0.3) is 44.8 Å². The maximum atomic E-state index is 5.36. The molecule has 7 aromatic carbocycles. The summed E-state index contributed by atoms with van der Waals surface area (Å²) in [6.45, 7) is 0. The summed E-state index contributed by atoms with van der Waals surface area (Å²) >= 11 is 0. The van der Waals surface area contributed by atoms with Crippen molar-refractivity contribution in [3.05, 3.63) is 221 Å². The molecule has 0 fully saturated rings. The zero-order valence-corrected chi connectivity index (χ0v) is 28.7. The van der Waals surface area contributed by atoms with Gasteiger partial charge in [-0.15, -0.1) is 0 Å². The smallest absolute Gasteiger partial charge is 0.156 e. The van der Waals surface area contributed by atoms with Gasteiger partial charge in [-0.05, 0) is 56.6 Å². The first-order valence-electron chi connectivity index (χ1n) is 18.2. The van der Waals surface area contributed by atoms with Gasteiger partial charge in [0, 0.05) is 22.3 Å². The second-order valence-electron chi connectivity index (χ2n) is 13.9. The number of fused-ring (bicyclic) bond motifs is 11. The van der Waals surface area contributed by atoms with Crippen molar-refractivity contribution in [2.75, 3.05) is 0 Å². The molecule has 4 heteroatoms. The average molecular weight is 677 g/mol. The fraction of sp³-hybridized carbons (Fsp3) is 0.0408. The number of hydrogen-bond donors (Lipinski definition) is 1. The summed E-state index contributed by atoms with van der Waals surface area (Å²) in [5.41, 5.74) is 16.7. The van der Waals surface area contributed by atoms with Gasteiger partial charge >= 0.3 is 0 Å². The number of hydrogen-bond acceptors (Lipinski definition) is 4. The maximum absolute atomic E-state index is 5.36. The molecule has 1 unspecified atom stereocenters. The SMILES string of the molecule is c1ccc(-c2cc(-c3ccccc3)nc(C3NC(c4cccc5c4-c4ccccc4C54c5ccccc5-c5ccccc54)=Nc4ccccc43)n2)cc1. The van der Waals surface area contributed by atoms with E-state index in [-0.39, 0.29) is 6.04 Å². The first kappa shape index (κ1) is 29.8. The molecule has 0 radical (unpaired) electrons. The lowest BCUT2D eigenvalue weighted by atomic mass is 9.70. The van der Waals surface area contributed by atoms with Gasteiger partial charge in [0.2, 0.25) is 0 Å². The summed E-state index contributed by atoms with van der Waals surface area (Å²) in [6.07, 6.45) is 0. The van der Waals surface area contributed by atoms with Gasteiger partial charge < -0.3 is 5.32 Å². The van der Waals surface area contributed by atoms with Crippen LogP contribution in [-0.4, -0.2) is 15.8 Å². The third kappa shape index (κ3) is 4.33. The first-order chi connectivity index (χ1) is 26.3. The Kier molecular flexibility index (Phi) is 6.49. The van der Waals surface area contributed by atoms with Gasteiger partial charge in [-0.2, -0.15) is 0 Å². The predicted octanol–water partition coefficient (Wildman–Crippen LogP) is 10.9. The molecule has 4 nitrogen and oxygen atoms in total. The number of aliphatic imine (C=N–C) groups is 1. The number of amidine groups is 1. The quantitative estimate of drug-likeness (QED) is 0.202. The summed E-state index contributed by atoms with van der Waals surface area (Å²) in [4.78, 5) is 15.9. The van der Waals surface area contributed by atoms with Crippen LogP contribution in [0.1, 0.15) is 45.2 Å². The monoisotopic (exact) mass is 676 g/mol. The molecule has 1 atom stereocenters. The number of aromatic nitrogens is 2. The summed E-state index contributed by atoms with van der Waals surface area (Å²) < 4.78 is 0. The van der Waals surface area contributed by atoms with Crippen LogP contribution in [0, 0.1) is 0 Å². The lowest BCUT2D eigenvalue weighted by Crippen LogP contribution is -2.34. The fourth-order valence-electron chi connectivity index (χ4n) is 8.99. The molecule has 11 rings (SSSR count). The van der Waals surface area contributed by atoms with Crippen molar-refractivity contribution in [3.8, 4) is 44.8 Å². The van der Waals surface area contributed by atoms with Crippen LogP contribution in [0.4, 0.5) is 5.69 Å². The molecule has 8 aromatic rings. The molecule has 0 saturated carbocycles. The lowest BCUT2D eigenvalue weighted by molar-refractivity contribution is 0.695. The van der Waals surface area contributed by atoms with Gasteiger partial charge in [0.05, 0.1) is 22.5 Å². The lowest BCUT2D eigenvalue weighted by Gasteiger charge is -2.31. The predicted molar refractivity (Wildman–Crippen MR) is 213 cm³/mol. The molecule has 1 N–H and O–H groups in total. The summed E-state index contributed by atoms with van der Waals surface area (Å²) in [5, 5.41) is 3.90. The number of nitrogens with zero attached hydrogens (tertiary/aromatic N) is 3. The van der Waals surface area contributed by atoms with Gasteiger partial charge in [0.1, 0.15) is 11.9 Å². The van der Waals surface area contributed by atoms with Crippen LogP contribution in [0.3, 0.4) is 0 Å². The van der Waals surface area contributed by atoms with Crippen molar-refractivity contribution in [1.29, 1.82) is 0 Å². The van der Waals surface area contributed by atoms with Gasteiger partial charge in [-0.1, -0.05) is 170 Å². The molecule has 2 aliphatic carbocycles. The summed E-state index contributed by atoms with van der Waals surface area (Å²) in [7, 11) is 0. The minimum absolute atomic E-state index is 0.334. The van der Waals surface area contributed by atoms with E-state index in [0.29, 0.717) is 5.82 Å². The van der Waals surface area contributed by atoms with E-state index in [9.17, 15) is 0 Å². The van der Waals surface area contributed by atoms with E-state index < -0.39 is 5.41 Å². The van der Waals surface area contributed by atoms with Crippen LogP contribution in [-0.2, 0) is 5.41 Å². The molecule has 0 bridgehead atoms. The van der Waals surface area contributed by atoms with Crippen LogP contribution in [0.5, 0.6) is 0 Å². The second kappa shape index (κ2) is 11.6. The number of rotatable bonds is 4. The molecule has 3 aliphatic rings. The molecule has 0 saturated heterocycles. The van der Waals surface area contributed by atoms with E-state index in [1.54, 1.807) is 0 Å². The van der Waals surface area contributed by atoms with Crippen molar-refractivity contribution < 1.29 is 0 Å².